The van der Waals surface area contributed by atoms with E-state index in [0.29, 0.717) is 12.5 Å². The van der Waals surface area contributed by atoms with E-state index in [2.05, 4.69) is 47.0 Å². The van der Waals surface area contributed by atoms with Gasteiger partial charge in [-0.2, -0.15) is 0 Å². The normalized spacial score (nSPS) is 22.5. The minimum absolute atomic E-state index is 0.214. The van der Waals surface area contributed by atoms with E-state index in [1.54, 1.807) is 0 Å². The molecule has 1 atom stereocenters. The van der Waals surface area contributed by atoms with E-state index in [0.717, 1.165) is 42.0 Å². The van der Waals surface area contributed by atoms with E-state index < -0.39 is 0 Å². The minimum Gasteiger partial charge on any atom is -0.489 e. The number of hydrogen-bond donors (Lipinski definition) is 2. The van der Waals surface area contributed by atoms with Crippen molar-refractivity contribution < 1.29 is 9.47 Å². The van der Waals surface area contributed by atoms with Gasteiger partial charge in [0.2, 0.25) is 0 Å². The Hall–Kier alpha value is -2.38. The monoisotopic (exact) mass is 336 g/mol. The molecule has 0 bridgehead atoms. The largest absolute Gasteiger partial charge is 0.489 e. The maximum atomic E-state index is 5.90. The lowest BCUT2D eigenvalue weighted by Gasteiger charge is -2.24. The summed E-state index contributed by atoms with van der Waals surface area (Å²) in [5.74, 6) is 7.99. The molecule has 2 N–H and O–H groups in total. The first-order valence-corrected chi connectivity index (χ1v) is 9.16. The van der Waals surface area contributed by atoms with Crippen LogP contribution >= 0.6 is 0 Å². The first-order valence-electron chi connectivity index (χ1n) is 9.16. The van der Waals surface area contributed by atoms with Crippen molar-refractivity contribution in [3.8, 4) is 11.8 Å². The van der Waals surface area contributed by atoms with Gasteiger partial charge in [-0.25, -0.2) is 0 Å². The molecule has 1 aliphatic carbocycles. The molecule has 1 aromatic rings. The quantitative estimate of drug-likeness (QED) is 0.828. The van der Waals surface area contributed by atoms with Crippen LogP contribution in [0.2, 0.25) is 0 Å². The third-order valence-electron chi connectivity index (χ3n) is 4.61. The average molecular weight is 336 g/mol. The highest BCUT2D eigenvalue weighted by Gasteiger charge is 2.18. The zero-order chi connectivity index (χ0) is 16.9. The SMILES string of the molecule is C(#CC1CC1)c1ccc(C2=CC(OCC3CCCCO3)=CNN2)cc1. The Morgan fingerprint density at radius 2 is 2.00 bits per heavy atom. The molecule has 0 radical (unpaired) electrons. The highest BCUT2D eigenvalue weighted by molar-refractivity contribution is 5.67. The molecule has 1 saturated carbocycles. The molecule has 2 heterocycles. The Bertz CT molecular complexity index is 715. The van der Waals surface area contributed by atoms with Crippen LogP contribution in [-0.2, 0) is 9.47 Å². The lowest BCUT2D eigenvalue weighted by molar-refractivity contribution is -0.0245. The fourth-order valence-corrected chi connectivity index (χ4v) is 2.92. The van der Waals surface area contributed by atoms with Gasteiger partial charge < -0.3 is 20.3 Å². The summed E-state index contributed by atoms with van der Waals surface area (Å²) in [6.07, 6.45) is 10.1. The topological polar surface area (TPSA) is 42.5 Å². The molecule has 1 aromatic carbocycles. The number of nitrogens with one attached hydrogen (secondary N) is 2. The molecule has 4 nitrogen and oxygen atoms in total. The predicted octanol–water partition coefficient (Wildman–Crippen LogP) is 3.32. The maximum Gasteiger partial charge on any atom is 0.139 e. The van der Waals surface area contributed by atoms with Crippen molar-refractivity contribution in [3.63, 3.8) is 0 Å². The molecule has 1 saturated heterocycles. The molecule has 0 spiro atoms. The molecule has 25 heavy (non-hydrogen) atoms. The van der Waals surface area contributed by atoms with Crippen LogP contribution in [0.15, 0.2) is 42.3 Å². The minimum atomic E-state index is 0.214. The fourth-order valence-electron chi connectivity index (χ4n) is 2.92. The summed E-state index contributed by atoms with van der Waals surface area (Å²) in [5, 5.41) is 0. The van der Waals surface area contributed by atoms with Crippen LogP contribution in [-0.4, -0.2) is 19.3 Å². The van der Waals surface area contributed by atoms with Crippen LogP contribution in [0.1, 0.15) is 43.2 Å². The highest BCUT2D eigenvalue weighted by Crippen LogP contribution is 2.27. The third-order valence-corrected chi connectivity index (χ3v) is 4.61. The van der Waals surface area contributed by atoms with Crippen molar-refractivity contribution in [3.05, 3.63) is 53.4 Å². The molecule has 2 aliphatic heterocycles. The van der Waals surface area contributed by atoms with Gasteiger partial charge in [-0.15, -0.1) is 0 Å². The number of rotatable bonds is 4. The first kappa shape index (κ1) is 16.1. The molecule has 1 unspecified atom stereocenters. The third kappa shape index (κ3) is 4.58. The number of benzene rings is 1. The van der Waals surface area contributed by atoms with Gasteiger partial charge >= 0.3 is 0 Å². The molecule has 130 valence electrons. The first-order chi connectivity index (χ1) is 12.4. The van der Waals surface area contributed by atoms with E-state index in [-0.39, 0.29) is 6.10 Å². The van der Waals surface area contributed by atoms with Crippen molar-refractivity contribution in [1.29, 1.82) is 0 Å². The second-order valence-electron chi connectivity index (χ2n) is 6.79. The molecular formula is C21H24N2O2. The van der Waals surface area contributed by atoms with Crippen LogP contribution < -0.4 is 10.9 Å². The summed E-state index contributed by atoms with van der Waals surface area (Å²) in [6, 6.07) is 8.32. The standard InChI is InChI=1S/C21H24N2O2/c1-2-12-24-19(3-1)15-25-20-13-21(23-22-14-20)18-10-8-17(9-11-18)7-6-16-4-5-16/h8-11,13-14,16,19,22-23H,1-5,12,15H2. The number of hydrogen-bond acceptors (Lipinski definition) is 4. The second kappa shape index (κ2) is 7.67. The maximum absolute atomic E-state index is 5.90. The predicted molar refractivity (Wildman–Crippen MR) is 97.9 cm³/mol. The molecule has 4 rings (SSSR count). The zero-order valence-electron chi connectivity index (χ0n) is 14.4. The molecule has 0 amide bonds. The fraction of sp³-hybridized carbons (Fsp3) is 0.429. The van der Waals surface area contributed by atoms with E-state index in [1.165, 1.54) is 19.3 Å². The van der Waals surface area contributed by atoms with E-state index >= 15 is 0 Å². The summed E-state index contributed by atoms with van der Waals surface area (Å²) < 4.78 is 11.6. The Balaban J connectivity index is 1.37. The Labute approximate surface area is 149 Å². The van der Waals surface area contributed by atoms with Crippen molar-refractivity contribution >= 4 is 5.70 Å². The van der Waals surface area contributed by atoms with Crippen LogP contribution in [0, 0.1) is 17.8 Å². The van der Waals surface area contributed by atoms with E-state index in [4.69, 9.17) is 9.47 Å². The summed E-state index contributed by atoms with van der Waals surface area (Å²) in [5.41, 5.74) is 9.40. The van der Waals surface area contributed by atoms with Crippen LogP contribution in [0.5, 0.6) is 0 Å². The van der Waals surface area contributed by atoms with E-state index in [9.17, 15) is 0 Å². The van der Waals surface area contributed by atoms with Crippen molar-refractivity contribution in [1.82, 2.24) is 10.9 Å². The Morgan fingerprint density at radius 3 is 2.76 bits per heavy atom. The van der Waals surface area contributed by atoms with Crippen LogP contribution in [0.25, 0.3) is 5.70 Å². The molecule has 2 fully saturated rings. The van der Waals surface area contributed by atoms with E-state index in [1.807, 2.05) is 12.3 Å². The molecule has 4 heteroatoms. The Morgan fingerprint density at radius 1 is 1.12 bits per heavy atom. The number of ether oxygens (including phenoxy) is 2. The van der Waals surface area contributed by atoms with Crippen molar-refractivity contribution in [2.75, 3.05) is 13.2 Å². The summed E-state index contributed by atoms with van der Waals surface area (Å²) in [6.45, 7) is 1.46. The second-order valence-corrected chi connectivity index (χ2v) is 6.79. The van der Waals surface area contributed by atoms with Gasteiger partial charge in [0.15, 0.2) is 0 Å². The lowest BCUT2D eigenvalue weighted by Crippen LogP contribution is -2.30. The van der Waals surface area contributed by atoms with Gasteiger partial charge in [0.25, 0.3) is 0 Å². The number of allylic oxidation sites excluding steroid dienone is 1. The molecular weight excluding hydrogens is 312 g/mol. The summed E-state index contributed by atoms with van der Waals surface area (Å²) >= 11 is 0. The van der Waals surface area contributed by atoms with Gasteiger partial charge in [0, 0.05) is 24.2 Å². The van der Waals surface area contributed by atoms with Crippen molar-refractivity contribution in [2.24, 2.45) is 5.92 Å². The van der Waals surface area contributed by atoms with Gasteiger partial charge in [0.05, 0.1) is 18.0 Å². The van der Waals surface area contributed by atoms with Crippen LogP contribution in [0.3, 0.4) is 0 Å². The molecule has 3 aliphatic rings. The summed E-state index contributed by atoms with van der Waals surface area (Å²) in [7, 11) is 0. The van der Waals surface area contributed by atoms with Gasteiger partial charge in [-0.05, 0) is 49.8 Å². The highest BCUT2D eigenvalue weighted by atomic mass is 16.5. The lowest BCUT2D eigenvalue weighted by atomic mass is 10.1. The zero-order valence-corrected chi connectivity index (χ0v) is 14.4. The van der Waals surface area contributed by atoms with Crippen molar-refractivity contribution in [2.45, 2.75) is 38.2 Å². The smallest absolute Gasteiger partial charge is 0.139 e. The van der Waals surface area contributed by atoms with Crippen LogP contribution in [0.4, 0.5) is 0 Å². The summed E-state index contributed by atoms with van der Waals surface area (Å²) in [4.78, 5) is 0. The van der Waals surface area contributed by atoms with Gasteiger partial charge in [-0.1, -0.05) is 24.0 Å². The average Bonchev–Trinajstić information content (AvgIpc) is 3.51. The Kier molecular flexibility index (Phi) is 4.94. The van der Waals surface area contributed by atoms with Gasteiger partial charge in [0.1, 0.15) is 12.4 Å². The molecule has 0 aromatic heterocycles. The number of hydrazine groups is 1. The van der Waals surface area contributed by atoms with Gasteiger partial charge in [-0.3, -0.25) is 0 Å².